The molecular formula is C13H10BrF2NO2S. The van der Waals surface area contributed by atoms with Crippen LogP contribution in [0, 0.1) is 11.6 Å². The molecule has 106 valence electrons. The van der Waals surface area contributed by atoms with E-state index in [0.29, 0.717) is 0 Å². The number of anilines is 1. The third-order valence-corrected chi connectivity index (χ3v) is 5.15. The van der Waals surface area contributed by atoms with Gasteiger partial charge in [-0.25, -0.2) is 17.2 Å². The predicted molar refractivity (Wildman–Crippen MR) is 76.1 cm³/mol. The molecule has 2 aromatic rings. The maximum Gasteiger partial charge on any atom is 0.264 e. The summed E-state index contributed by atoms with van der Waals surface area (Å²) in [4.78, 5) is -0.204. The second-order valence-corrected chi connectivity index (χ2v) is 6.85. The van der Waals surface area contributed by atoms with Crippen molar-refractivity contribution in [2.24, 2.45) is 0 Å². The molecule has 0 saturated heterocycles. The molecule has 0 aliphatic rings. The number of rotatable bonds is 3. The zero-order valence-corrected chi connectivity index (χ0v) is 12.7. The van der Waals surface area contributed by atoms with Crippen molar-refractivity contribution in [3.05, 3.63) is 58.6 Å². The summed E-state index contributed by atoms with van der Waals surface area (Å²) in [6.45, 7) is 0. The second kappa shape index (κ2) is 5.49. The summed E-state index contributed by atoms with van der Waals surface area (Å²) in [5.74, 6) is -1.23. The van der Waals surface area contributed by atoms with E-state index >= 15 is 0 Å². The molecule has 0 bridgehead atoms. The monoisotopic (exact) mass is 361 g/mol. The van der Waals surface area contributed by atoms with E-state index in [1.165, 1.54) is 37.4 Å². The molecule has 0 heterocycles. The van der Waals surface area contributed by atoms with Crippen LogP contribution >= 0.6 is 15.9 Å². The fourth-order valence-corrected chi connectivity index (χ4v) is 3.05. The predicted octanol–water partition coefficient (Wildman–Crippen LogP) is 3.55. The van der Waals surface area contributed by atoms with Crippen LogP contribution in [0.15, 0.2) is 51.8 Å². The molecule has 0 aliphatic heterocycles. The molecule has 7 heteroatoms. The summed E-state index contributed by atoms with van der Waals surface area (Å²) in [5, 5.41) is 0. The van der Waals surface area contributed by atoms with Crippen LogP contribution in [0.4, 0.5) is 14.5 Å². The largest absolute Gasteiger partial charge is 0.269 e. The van der Waals surface area contributed by atoms with Gasteiger partial charge in [-0.05, 0) is 52.3 Å². The van der Waals surface area contributed by atoms with Crippen LogP contribution in [0.2, 0.25) is 0 Å². The summed E-state index contributed by atoms with van der Waals surface area (Å²) in [5.41, 5.74) is 0.160. The highest BCUT2D eigenvalue weighted by Crippen LogP contribution is 2.25. The van der Waals surface area contributed by atoms with E-state index in [1.54, 1.807) is 0 Å². The van der Waals surface area contributed by atoms with Gasteiger partial charge in [0.1, 0.15) is 11.6 Å². The summed E-state index contributed by atoms with van der Waals surface area (Å²) in [6.07, 6.45) is 0. The molecule has 0 aromatic heterocycles. The zero-order valence-electron chi connectivity index (χ0n) is 10.3. The van der Waals surface area contributed by atoms with Crippen molar-refractivity contribution >= 4 is 31.6 Å². The Balaban J connectivity index is 2.46. The highest BCUT2D eigenvalue weighted by atomic mass is 79.9. The molecule has 0 spiro atoms. The molecule has 0 fully saturated rings. The molecule has 0 amide bonds. The van der Waals surface area contributed by atoms with E-state index < -0.39 is 21.7 Å². The van der Waals surface area contributed by atoms with Crippen molar-refractivity contribution in [2.75, 3.05) is 11.4 Å². The number of hydrogen-bond acceptors (Lipinski definition) is 2. The van der Waals surface area contributed by atoms with Crippen LogP contribution in [-0.2, 0) is 10.0 Å². The number of sulfonamides is 1. The Morgan fingerprint density at radius 2 is 1.80 bits per heavy atom. The van der Waals surface area contributed by atoms with E-state index in [0.717, 1.165) is 16.4 Å². The zero-order chi connectivity index (χ0) is 14.9. The molecule has 0 aliphatic carbocycles. The van der Waals surface area contributed by atoms with Crippen molar-refractivity contribution in [1.82, 2.24) is 0 Å². The quantitative estimate of drug-likeness (QED) is 0.838. The lowest BCUT2D eigenvalue weighted by atomic mass is 10.3. The van der Waals surface area contributed by atoms with E-state index in [1.807, 2.05) is 0 Å². The van der Waals surface area contributed by atoms with Gasteiger partial charge in [0.15, 0.2) is 0 Å². The first kappa shape index (κ1) is 14.9. The molecule has 2 aromatic carbocycles. The average Bonchev–Trinajstić information content (AvgIpc) is 2.40. The van der Waals surface area contributed by atoms with Crippen LogP contribution in [0.5, 0.6) is 0 Å². The average molecular weight is 362 g/mol. The Morgan fingerprint density at radius 3 is 2.40 bits per heavy atom. The third kappa shape index (κ3) is 2.83. The lowest BCUT2D eigenvalue weighted by Crippen LogP contribution is -2.26. The normalized spacial score (nSPS) is 11.4. The fourth-order valence-electron chi connectivity index (χ4n) is 1.61. The number of nitrogens with zero attached hydrogens (tertiary/aromatic N) is 1. The Morgan fingerprint density at radius 1 is 1.10 bits per heavy atom. The molecule has 0 radical (unpaired) electrons. The molecule has 0 atom stereocenters. The highest BCUT2D eigenvalue weighted by Gasteiger charge is 2.22. The van der Waals surface area contributed by atoms with Gasteiger partial charge in [0.05, 0.1) is 15.1 Å². The van der Waals surface area contributed by atoms with Crippen LogP contribution < -0.4 is 4.31 Å². The maximum atomic E-state index is 13.4. The van der Waals surface area contributed by atoms with Crippen LogP contribution in [0.1, 0.15) is 0 Å². The van der Waals surface area contributed by atoms with Crippen molar-refractivity contribution < 1.29 is 17.2 Å². The summed E-state index contributed by atoms with van der Waals surface area (Å²) >= 11 is 2.95. The summed E-state index contributed by atoms with van der Waals surface area (Å²) < 4.78 is 52.3. The molecule has 0 saturated carbocycles. The minimum Gasteiger partial charge on any atom is -0.269 e. The topological polar surface area (TPSA) is 37.4 Å². The van der Waals surface area contributed by atoms with Gasteiger partial charge in [-0.2, -0.15) is 0 Å². The van der Waals surface area contributed by atoms with E-state index in [-0.39, 0.29) is 15.1 Å². The fraction of sp³-hybridized carbons (Fsp3) is 0.0769. The molecule has 0 unspecified atom stereocenters. The van der Waals surface area contributed by atoms with Gasteiger partial charge in [-0.1, -0.05) is 6.07 Å². The molecule has 3 nitrogen and oxygen atoms in total. The summed E-state index contributed by atoms with van der Waals surface area (Å²) in [7, 11) is -2.66. The third-order valence-electron chi connectivity index (χ3n) is 2.72. The van der Waals surface area contributed by atoms with Gasteiger partial charge in [0.2, 0.25) is 0 Å². The van der Waals surface area contributed by atoms with Crippen LogP contribution in [-0.4, -0.2) is 15.5 Å². The molecular weight excluding hydrogens is 352 g/mol. The van der Waals surface area contributed by atoms with Gasteiger partial charge in [0.25, 0.3) is 10.0 Å². The number of halogens is 3. The van der Waals surface area contributed by atoms with Crippen LogP contribution in [0.3, 0.4) is 0 Å². The summed E-state index contributed by atoms with van der Waals surface area (Å²) in [6, 6.07) is 8.65. The van der Waals surface area contributed by atoms with Gasteiger partial charge < -0.3 is 0 Å². The lowest BCUT2D eigenvalue weighted by Gasteiger charge is -2.19. The van der Waals surface area contributed by atoms with Gasteiger partial charge >= 0.3 is 0 Å². The van der Waals surface area contributed by atoms with Crippen molar-refractivity contribution in [2.45, 2.75) is 4.90 Å². The first-order valence-electron chi connectivity index (χ1n) is 5.52. The Hall–Kier alpha value is -1.47. The maximum absolute atomic E-state index is 13.4. The molecule has 2 rings (SSSR count). The minimum atomic E-state index is -3.94. The second-order valence-electron chi connectivity index (χ2n) is 4.03. The van der Waals surface area contributed by atoms with E-state index in [9.17, 15) is 17.2 Å². The standard InChI is InChI=1S/C13H10BrF2NO2S/c1-17(10-4-2-3-9(15)7-10)20(18,19)11-5-6-12(14)13(16)8-11/h2-8H,1H3. The molecule has 20 heavy (non-hydrogen) atoms. The number of benzene rings is 2. The Labute approximate surface area is 124 Å². The first-order chi connectivity index (χ1) is 9.32. The van der Waals surface area contributed by atoms with E-state index in [2.05, 4.69) is 15.9 Å². The van der Waals surface area contributed by atoms with Gasteiger partial charge in [-0.15, -0.1) is 0 Å². The van der Waals surface area contributed by atoms with Gasteiger partial charge in [-0.3, -0.25) is 4.31 Å². The highest BCUT2D eigenvalue weighted by molar-refractivity contribution is 9.10. The van der Waals surface area contributed by atoms with Crippen molar-refractivity contribution in [3.63, 3.8) is 0 Å². The molecule has 0 N–H and O–H groups in total. The van der Waals surface area contributed by atoms with Gasteiger partial charge in [0, 0.05) is 7.05 Å². The SMILES string of the molecule is CN(c1cccc(F)c1)S(=O)(=O)c1ccc(Br)c(F)c1. The Kier molecular flexibility index (Phi) is 4.10. The van der Waals surface area contributed by atoms with E-state index in [4.69, 9.17) is 0 Å². The van der Waals surface area contributed by atoms with Crippen LogP contribution in [0.25, 0.3) is 0 Å². The van der Waals surface area contributed by atoms with Crippen molar-refractivity contribution in [1.29, 1.82) is 0 Å². The minimum absolute atomic E-state index is 0.160. The lowest BCUT2D eigenvalue weighted by molar-refractivity contribution is 0.588. The number of hydrogen-bond donors (Lipinski definition) is 0. The van der Waals surface area contributed by atoms with Crippen molar-refractivity contribution in [3.8, 4) is 0 Å². The Bertz CT molecular complexity index is 750. The first-order valence-corrected chi connectivity index (χ1v) is 7.75. The smallest absolute Gasteiger partial charge is 0.264 e.